The summed E-state index contributed by atoms with van der Waals surface area (Å²) in [6.07, 6.45) is 0.877. The van der Waals surface area contributed by atoms with E-state index in [1.807, 2.05) is 18.2 Å². The van der Waals surface area contributed by atoms with Crippen LogP contribution in [0.2, 0.25) is 0 Å². The Balaban J connectivity index is 2.23. The van der Waals surface area contributed by atoms with Gasteiger partial charge in [0.1, 0.15) is 11.3 Å². The molecule has 0 saturated carbocycles. The molecule has 0 aliphatic carbocycles. The summed E-state index contributed by atoms with van der Waals surface area (Å²) in [7, 11) is 1.72. The second-order valence-electron chi connectivity index (χ2n) is 4.19. The molecule has 0 bridgehead atoms. The van der Waals surface area contributed by atoms with Gasteiger partial charge in [-0.05, 0) is 18.1 Å². The summed E-state index contributed by atoms with van der Waals surface area (Å²) in [5, 5.41) is 0. The Labute approximate surface area is 94.8 Å². The van der Waals surface area contributed by atoms with E-state index in [9.17, 15) is 0 Å². The van der Waals surface area contributed by atoms with Crippen molar-refractivity contribution in [3.05, 3.63) is 24.0 Å². The Morgan fingerprint density at radius 3 is 3.00 bits per heavy atom. The maximum atomic E-state index is 5.85. The second-order valence-corrected chi connectivity index (χ2v) is 4.19. The number of hydrogen-bond acceptors (Lipinski definition) is 3. The number of aromatic amines is 1. The molecule has 0 saturated heterocycles. The van der Waals surface area contributed by atoms with E-state index in [1.54, 1.807) is 7.11 Å². The molecule has 2 rings (SSSR count). The van der Waals surface area contributed by atoms with E-state index in [0.717, 1.165) is 35.6 Å². The number of methoxy groups -OCH3 is 1. The average molecular weight is 219 g/mol. The predicted octanol–water partition coefficient (Wildman–Crippen LogP) is 1.97. The van der Waals surface area contributed by atoms with Crippen LogP contribution < -0.4 is 5.73 Å². The molecule has 3 N–H and O–H groups in total. The molecule has 1 heterocycles. The fourth-order valence-electron chi connectivity index (χ4n) is 1.88. The van der Waals surface area contributed by atoms with Gasteiger partial charge in [0.2, 0.25) is 0 Å². The largest absolute Gasteiger partial charge is 0.397 e. The van der Waals surface area contributed by atoms with E-state index in [0.29, 0.717) is 5.92 Å². The number of nitrogens with one attached hydrogen (secondary N) is 1. The molecule has 0 fully saturated rings. The van der Waals surface area contributed by atoms with Gasteiger partial charge in [-0.15, -0.1) is 0 Å². The maximum absolute atomic E-state index is 5.85. The molecule has 1 unspecified atom stereocenters. The van der Waals surface area contributed by atoms with E-state index < -0.39 is 0 Å². The molecule has 4 nitrogen and oxygen atoms in total. The van der Waals surface area contributed by atoms with Gasteiger partial charge in [-0.2, -0.15) is 0 Å². The van der Waals surface area contributed by atoms with Crippen molar-refractivity contribution in [3.63, 3.8) is 0 Å². The Hall–Kier alpha value is -1.55. The van der Waals surface area contributed by atoms with Crippen LogP contribution in [0.15, 0.2) is 18.2 Å². The Bertz CT molecular complexity index is 478. The van der Waals surface area contributed by atoms with Crippen molar-refractivity contribution in [3.8, 4) is 0 Å². The van der Waals surface area contributed by atoms with Gasteiger partial charge in [-0.1, -0.05) is 13.0 Å². The van der Waals surface area contributed by atoms with Crippen LogP contribution in [0, 0.1) is 5.92 Å². The van der Waals surface area contributed by atoms with Gasteiger partial charge in [0, 0.05) is 20.1 Å². The fourth-order valence-corrected chi connectivity index (χ4v) is 1.88. The van der Waals surface area contributed by atoms with Gasteiger partial charge in [0.05, 0.1) is 11.2 Å². The van der Waals surface area contributed by atoms with Gasteiger partial charge in [0.25, 0.3) is 0 Å². The number of anilines is 1. The van der Waals surface area contributed by atoms with Crippen LogP contribution in [0.25, 0.3) is 11.0 Å². The van der Waals surface area contributed by atoms with E-state index in [4.69, 9.17) is 10.5 Å². The van der Waals surface area contributed by atoms with Crippen LogP contribution in [0.3, 0.4) is 0 Å². The molecule has 16 heavy (non-hydrogen) atoms. The molecule has 1 aromatic heterocycles. The zero-order valence-electron chi connectivity index (χ0n) is 9.66. The first-order valence-corrected chi connectivity index (χ1v) is 5.42. The third-order valence-electron chi connectivity index (χ3n) is 2.59. The number of ether oxygens (including phenoxy) is 1. The summed E-state index contributed by atoms with van der Waals surface area (Å²) in [6, 6.07) is 5.78. The number of H-pyrrole nitrogens is 1. The van der Waals surface area contributed by atoms with E-state index >= 15 is 0 Å². The van der Waals surface area contributed by atoms with E-state index in [1.165, 1.54) is 0 Å². The Kier molecular flexibility index (Phi) is 3.10. The lowest BCUT2D eigenvalue weighted by atomic mass is 10.1. The van der Waals surface area contributed by atoms with Crippen molar-refractivity contribution in [2.24, 2.45) is 5.92 Å². The number of nitrogen functional groups attached to an aromatic ring is 1. The quantitative estimate of drug-likeness (QED) is 0.773. The summed E-state index contributed by atoms with van der Waals surface area (Å²) in [5.74, 6) is 1.42. The van der Waals surface area contributed by atoms with E-state index in [2.05, 4.69) is 16.9 Å². The zero-order chi connectivity index (χ0) is 11.5. The minimum absolute atomic E-state index is 0.451. The smallest absolute Gasteiger partial charge is 0.111 e. The number of imidazole rings is 1. The Morgan fingerprint density at radius 1 is 1.50 bits per heavy atom. The van der Waals surface area contributed by atoms with E-state index in [-0.39, 0.29) is 0 Å². The highest BCUT2D eigenvalue weighted by molar-refractivity contribution is 5.86. The van der Waals surface area contributed by atoms with Crippen LogP contribution in [0.1, 0.15) is 12.7 Å². The summed E-state index contributed by atoms with van der Waals surface area (Å²) in [4.78, 5) is 7.78. The van der Waals surface area contributed by atoms with Crippen molar-refractivity contribution in [2.45, 2.75) is 13.3 Å². The van der Waals surface area contributed by atoms with Crippen molar-refractivity contribution >= 4 is 16.7 Å². The van der Waals surface area contributed by atoms with Gasteiger partial charge in [-0.25, -0.2) is 4.98 Å². The van der Waals surface area contributed by atoms with Crippen LogP contribution in [-0.2, 0) is 11.2 Å². The topological polar surface area (TPSA) is 63.9 Å². The minimum Gasteiger partial charge on any atom is -0.397 e. The first-order chi connectivity index (χ1) is 7.70. The highest BCUT2D eigenvalue weighted by Gasteiger charge is 2.09. The number of nitrogens with zero attached hydrogens (tertiary/aromatic N) is 1. The number of hydrogen-bond donors (Lipinski definition) is 2. The molecule has 0 radical (unpaired) electrons. The number of aromatic nitrogens is 2. The molecule has 0 aliphatic rings. The molecule has 0 spiro atoms. The number of para-hydroxylation sites is 1. The SMILES string of the molecule is COCC(C)Cc1nc2c(N)cccc2[nH]1. The van der Waals surface area contributed by atoms with Gasteiger partial charge < -0.3 is 15.5 Å². The average Bonchev–Trinajstić information content (AvgIpc) is 2.62. The number of fused-ring (bicyclic) bond motifs is 1. The van der Waals surface area contributed by atoms with Gasteiger partial charge in [0.15, 0.2) is 0 Å². The van der Waals surface area contributed by atoms with Crippen molar-refractivity contribution in [1.82, 2.24) is 9.97 Å². The third-order valence-corrected chi connectivity index (χ3v) is 2.59. The minimum atomic E-state index is 0.451. The summed E-state index contributed by atoms with van der Waals surface area (Å²) in [5.41, 5.74) is 8.44. The molecule has 2 aromatic rings. The molecular formula is C12H17N3O. The Morgan fingerprint density at radius 2 is 2.31 bits per heavy atom. The summed E-state index contributed by atoms with van der Waals surface area (Å²) >= 11 is 0. The molecule has 0 amide bonds. The number of benzene rings is 1. The molecule has 1 aromatic carbocycles. The van der Waals surface area contributed by atoms with Crippen LogP contribution in [0.4, 0.5) is 5.69 Å². The van der Waals surface area contributed by atoms with Crippen LogP contribution >= 0.6 is 0 Å². The molecule has 1 atom stereocenters. The molecule has 0 aliphatic heterocycles. The predicted molar refractivity (Wildman–Crippen MR) is 65.3 cm³/mol. The summed E-state index contributed by atoms with van der Waals surface area (Å²) in [6.45, 7) is 2.88. The van der Waals surface area contributed by atoms with Gasteiger partial charge >= 0.3 is 0 Å². The van der Waals surface area contributed by atoms with Gasteiger partial charge in [-0.3, -0.25) is 0 Å². The monoisotopic (exact) mass is 219 g/mol. The maximum Gasteiger partial charge on any atom is 0.111 e. The molecule has 86 valence electrons. The van der Waals surface area contributed by atoms with Crippen molar-refractivity contribution < 1.29 is 4.74 Å². The highest BCUT2D eigenvalue weighted by atomic mass is 16.5. The third kappa shape index (κ3) is 2.17. The lowest BCUT2D eigenvalue weighted by Gasteiger charge is -2.06. The molecular weight excluding hydrogens is 202 g/mol. The summed E-state index contributed by atoms with van der Waals surface area (Å²) < 4.78 is 5.11. The fraction of sp³-hybridized carbons (Fsp3) is 0.417. The van der Waals surface area contributed by atoms with Crippen LogP contribution in [-0.4, -0.2) is 23.7 Å². The number of nitrogens with two attached hydrogens (primary N) is 1. The lowest BCUT2D eigenvalue weighted by molar-refractivity contribution is 0.159. The van der Waals surface area contributed by atoms with Crippen LogP contribution in [0.5, 0.6) is 0 Å². The molecule has 4 heteroatoms. The first kappa shape index (κ1) is 11.0. The zero-order valence-corrected chi connectivity index (χ0v) is 9.66. The van der Waals surface area contributed by atoms with Crippen molar-refractivity contribution in [2.75, 3.05) is 19.5 Å². The van der Waals surface area contributed by atoms with Crippen molar-refractivity contribution in [1.29, 1.82) is 0 Å². The normalized spacial score (nSPS) is 13.1. The highest BCUT2D eigenvalue weighted by Crippen LogP contribution is 2.19. The number of rotatable bonds is 4. The second kappa shape index (κ2) is 4.53. The first-order valence-electron chi connectivity index (χ1n) is 5.42. The lowest BCUT2D eigenvalue weighted by Crippen LogP contribution is -2.07. The standard InChI is InChI=1S/C12H17N3O/c1-8(7-16-2)6-11-14-10-5-3-4-9(13)12(10)15-11/h3-5,8H,6-7,13H2,1-2H3,(H,14,15).